The Bertz CT molecular complexity index is 676. The molecule has 0 fully saturated rings. The van der Waals surface area contributed by atoms with Crippen molar-refractivity contribution in [1.29, 1.82) is 0 Å². The molecule has 0 amide bonds. The molecule has 0 unspecified atom stereocenters. The SMILES string of the molecule is COC(=O)[C@@H](OC)[C@@H](Cc1ccc(-c2cccc(Cl)c2)cc1)NCl. The van der Waals surface area contributed by atoms with Gasteiger partial charge in [0.15, 0.2) is 6.10 Å². The highest BCUT2D eigenvalue weighted by Crippen LogP contribution is 2.23. The molecule has 0 aliphatic rings. The molecule has 2 rings (SSSR count). The summed E-state index contributed by atoms with van der Waals surface area (Å²) in [7, 11) is 2.77. The minimum Gasteiger partial charge on any atom is -0.467 e. The van der Waals surface area contributed by atoms with E-state index < -0.39 is 18.1 Å². The van der Waals surface area contributed by atoms with Crippen molar-refractivity contribution in [2.45, 2.75) is 18.6 Å². The van der Waals surface area contributed by atoms with Crippen molar-refractivity contribution in [2.75, 3.05) is 14.2 Å². The summed E-state index contributed by atoms with van der Waals surface area (Å²) in [6.07, 6.45) is -0.257. The molecule has 0 bridgehead atoms. The quantitative estimate of drug-likeness (QED) is 0.596. The summed E-state index contributed by atoms with van der Waals surface area (Å²) in [5, 5.41) is 0.698. The largest absolute Gasteiger partial charge is 0.467 e. The maximum Gasteiger partial charge on any atom is 0.336 e. The van der Waals surface area contributed by atoms with Crippen molar-refractivity contribution in [3.63, 3.8) is 0 Å². The Morgan fingerprint density at radius 1 is 1.12 bits per heavy atom. The number of hydrogen-bond acceptors (Lipinski definition) is 4. The number of rotatable bonds is 7. The molecule has 0 radical (unpaired) electrons. The van der Waals surface area contributed by atoms with Gasteiger partial charge in [-0.25, -0.2) is 9.63 Å². The molecular formula is C18H19Cl2NO3. The number of carbonyl (C=O) groups is 1. The first kappa shape index (κ1) is 18.7. The zero-order valence-electron chi connectivity index (χ0n) is 13.5. The summed E-state index contributed by atoms with van der Waals surface area (Å²) in [5.74, 6) is -0.466. The highest BCUT2D eigenvalue weighted by molar-refractivity contribution is 6.30. The predicted molar refractivity (Wildman–Crippen MR) is 96.2 cm³/mol. The lowest BCUT2D eigenvalue weighted by Crippen LogP contribution is -2.44. The Morgan fingerprint density at radius 3 is 2.38 bits per heavy atom. The Morgan fingerprint density at radius 2 is 1.83 bits per heavy atom. The van der Waals surface area contributed by atoms with Crippen molar-refractivity contribution in [1.82, 2.24) is 4.84 Å². The van der Waals surface area contributed by atoms with Gasteiger partial charge >= 0.3 is 5.97 Å². The third-order valence-electron chi connectivity index (χ3n) is 3.76. The van der Waals surface area contributed by atoms with Crippen molar-refractivity contribution < 1.29 is 14.3 Å². The number of carbonyl (C=O) groups excluding carboxylic acids is 1. The van der Waals surface area contributed by atoms with Gasteiger partial charge in [-0.05, 0) is 47.0 Å². The second-order valence-corrected chi connectivity index (χ2v) is 5.96. The van der Waals surface area contributed by atoms with Crippen molar-refractivity contribution in [2.24, 2.45) is 0 Å². The Hall–Kier alpha value is -1.59. The van der Waals surface area contributed by atoms with E-state index in [0.29, 0.717) is 11.4 Å². The Kier molecular flexibility index (Phi) is 7.06. The van der Waals surface area contributed by atoms with Crippen LogP contribution in [0.1, 0.15) is 5.56 Å². The molecule has 0 aromatic heterocycles. The maximum atomic E-state index is 11.7. The van der Waals surface area contributed by atoms with Gasteiger partial charge in [-0.3, -0.25) is 0 Å². The lowest BCUT2D eigenvalue weighted by atomic mass is 9.98. The smallest absolute Gasteiger partial charge is 0.336 e. The minimum atomic E-state index is -0.778. The average molecular weight is 368 g/mol. The molecular weight excluding hydrogens is 349 g/mol. The third kappa shape index (κ3) is 4.71. The molecule has 128 valence electrons. The second kappa shape index (κ2) is 9.04. The van der Waals surface area contributed by atoms with E-state index in [-0.39, 0.29) is 0 Å². The van der Waals surface area contributed by atoms with E-state index >= 15 is 0 Å². The van der Waals surface area contributed by atoms with Crippen LogP contribution in [0.25, 0.3) is 11.1 Å². The Balaban J connectivity index is 2.13. The lowest BCUT2D eigenvalue weighted by Gasteiger charge is -2.22. The summed E-state index contributed by atoms with van der Waals surface area (Å²) in [4.78, 5) is 14.3. The number of nitrogens with one attached hydrogen (secondary N) is 1. The van der Waals surface area contributed by atoms with Gasteiger partial charge in [0.2, 0.25) is 0 Å². The first-order chi connectivity index (χ1) is 11.6. The van der Waals surface area contributed by atoms with E-state index in [4.69, 9.17) is 32.9 Å². The van der Waals surface area contributed by atoms with Crippen LogP contribution in [0.3, 0.4) is 0 Å². The molecule has 0 saturated heterocycles. The van der Waals surface area contributed by atoms with Crippen molar-refractivity contribution >= 4 is 29.3 Å². The third-order valence-corrected chi connectivity index (χ3v) is 4.28. The molecule has 1 N–H and O–H groups in total. The number of hydrogen-bond donors (Lipinski definition) is 1. The molecule has 0 aliphatic heterocycles. The fourth-order valence-corrected chi connectivity index (χ4v) is 2.88. The number of halogens is 2. The first-order valence-electron chi connectivity index (χ1n) is 7.40. The molecule has 0 heterocycles. The summed E-state index contributed by atoms with van der Waals surface area (Å²) in [5.41, 5.74) is 3.13. The molecule has 0 spiro atoms. The van der Waals surface area contributed by atoms with Crippen LogP contribution in [0, 0.1) is 0 Å². The highest BCUT2D eigenvalue weighted by Gasteiger charge is 2.28. The van der Waals surface area contributed by atoms with Gasteiger partial charge < -0.3 is 9.47 Å². The zero-order valence-corrected chi connectivity index (χ0v) is 15.0. The molecule has 2 aromatic rings. The second-order valence-electron chi connectivity index (χ2n) is 5.31. The van der Waals surface area contributed by atoms with Crippen LogP contribution >= 0.6 is 23.4 Å². The fraction of sp³-hybridized carbons (Fsp3) is 0.278. The summed E-state index contributed by atoms with van der Waals surface area (Å²) >= 11 is 11.8. The van der Waals surface area contributed by atoms with E-state index in [1.165, 1.54) is 14.2 Å². The number of esters is 1. The van der Waals surface area contributed by atoms with E-state index in [0.717, 1.165) is 16.7 Å². The first-order valence-corrected chi connectivity index (χ1v) is 8.16. The number of benzene rings is 2. The van der Waals surface area contributed by atoms with Crippen LogP contribution in [0.15, 0.2) is 48.5 Å². The standard InChI is InChI=1S/C18H19Cl2NO3/c1-23-17(18(22)24-2)16(21-20)10-12-6-8-13(9-7-12)14-4-3-5-15(19)11-14/h3-9,11,16-17,21H,10H2,1-2H3/t16-,17+/m1/s1. The predicted octanol–water partition coefficient (Wildman–Crippen LogP) is 3.85. The van der Waals surface area contributed by atoms with Crippen molar-refractivity contribution in [3.8, 4) is 11.1 Å². The molecule has 6 heteroatoms. The van der Waals surface area contributed by atoms with Gasteiger partial charge in [-0.1, -0.05) is 48.0 Å². The van der Waals surface area contributed by atoms with Crippen molar-refractivity contribution in [3.05, 3.63) is 59.1 Å². The van der Waals surface area contributed by atoms with Crippen LogP contribution in [0.4, 0.5) is 0 Å². The number of methoxy groups -OCH3 is 2. The molecule has 2 atom stereocenters. The normalized spacial score (nSPS) is 13.3. The molecule has 0 aliphatic carbocycles. The van der Waals surface area contributed by atoms with Crippen LogP contribution < -0.4 is 4.84 Å². The average Bonchev–Trinajstić information content (AvgIpc) is 2.61. The van der Waals surface area contributed by atoms with E-state index in [1.54, 1.807) is 0 Å². The van der Waals surface area contributed by atoms with Gasteiger partial charge in [0.25, 0.3) is 0 Å². The van der Waals surface area contributed by atoms with Crippen LogP contribution in [-0.4, -0.2) is 32.3 Å². The lowest BCUT2D eigenvalue weighted by molar-refractivity contribution is -0.153. The molecule has 4 nitrogen and oxygen atoms in total. The highest BCUT2D eigenvalue weighted by atomic mass is 35.5. The topological polar surface area (TPSA) is 47.6 Å². The van der Waals surface area contributed by atoms with Gasteiger partial charge in [-0.15, -0.1) is 0 Å². The molecule has 0 saturated carbocycles. The van der Waals surface area contributed by atoms with Crippen LogP contribution in [0.5, 0.6) is 0 Å². The van der Waals surface area contributed by atoms with Gasteiger partial charge in [0.05, 0.1) is 13.2 Å². The van der Waals surface area contributed by atoms with E-state index in [9.17, 15) is 4.79 Å². The fourth-order valence-electron chi connectivity index (χ4n) is 2.50. The van der Waals surface area contributed by atoms with Gasteiger partial charge in [0.1, 0.15) is 0 Å². The maximum absolute atomic E-state index is 11.7. The van der Waals surface area contributed by atoms with Crippen LogP contribution in [-0.2, 0) is 20.7 Å². The monoisotopic (exact) mass is 367 g/mol. The van der Waals surface area contributed by atoms with E-state index in [2.05, 4.69) is 4.84 Å². The zero-order chi connectivity index (χ0) is 17.5. The van der Waals surface area contributed by atoms with Gasteiger partial charge in [0, 0.05) is 12.1 Å². The molecule has 2 aromatic carbocycles. The summed E-state index contributed by atoms with van der Waals surface area (Å²) < 4.78 is 9.94. The van der Waals surface area contributed by atoms with E-state index in [1.807, 2.05) is 48.5 Å². The minimum absolute atomic E-state index is 0.402. The van der Waals surface area contributed by atoms with Crippen LogP contribution in [0.2, 0.25) is 5.02 Å². The number of ether oxygens (including phenoxy) is 2. The molecule has 24 heavy (non-hydrogen) atoms. The Labute approximate surface area is 151 Å². The summed E-state index contributed by atoms with van der Waals surface area (Å²) in [6.45, 7) is 0. The summed E-state index contributed by atoms with van der Waals surface area (Å²) in [6, 6.07) is 15.3. The van der Waals surface area contributed by atoms with Gasteiger partial charge in [-0.2, -0.15) is 0 Å².